The van der Waals surface area contributed by atoms with E-state index in [9.17, 15) is 0 Å². The molecule has 0 atom stereocenters. The molecule has 1 nitrogen and oxygen atoms in total. The average Bonchev–Trinajstić information content (AvgIpc) is 2.24. The number of hydrogen-bond acceptors (Lipinski definition) is 1. The van der Waals surface area contributed by atoms with E-state index in [0.29, 0.717) is 0 Å². The summed E-state index contributed by atoms with van der Waals surface area (Å²) in [4.78, 5) is 0. The second-order valence-electron chi connectivity index (χ2n) is 3.56. The Morgan fingerprint density at radius 3 is 2.53 bits per heavy atom. The van der Waals surface area contributed by atoms with Crippen molar-refractivity contribution in [3.63, 3.8) is 0 Å². The third-order valence-electron chi connectivity index (χ3n) is 2.11. The van der Waals surface area contributed by atoms with Crippen molar-refractivity contribution in [3.8, 4) is 0 Å². The Bertz CT molecular complexity index is 257. The molecule has 0 saturated carbocycles. The Hall–Kier alpha value is -1.24. The fraction of sp³-hybridized carbons (Fsp3) is 0.429. The van der Waals surface area contributed by atoms with Crippen LogP contribution in [0.4, 0.5) is 0 Å². The van der Waals surface area contributed by atoms with E-state index >= 15 is 0 Å². The van der Waals surface area contributed by atoms with Gasteiger partial charge in [0.15, 0.2) is 0 Å². The summed E-state index contributed by atoms with van der Waals surface area (Å²) < 4.78 is 0. The van der Waals surface area contributed by atoms with Gasteiger partial charge in [-0.1, -0.05) is 49.8 Å². The molecule has 0 aromatic rings. The maximum atomic E-state index is 3.92. The van der Waals surface area contributed by atoms with Crippen molar-refractivity contribution < 1.29 is 0 Å². The first-order chi connectivity index (χ1) is 7.20. The average molecular weight is 205 g/mol. The Morgan fingerprint density at radius 2 is 1.93 bits per heavy atom. The Morgan fingerprint density at radius 1 is 1.27 bits per heavy atom. The van der Waals surface area contributed by atoms with Crippen molar-refractivity contribution in [2.45, 2.75) is 33.6 Å². The third kappa shape index (κ3) is 9.07. The van der Waals surface area contributed by atoms with E-state index in [2.05, 4.69) is 37.9 Å². The fourth-order valence-corrected chi connectivity index (χ4v) is 0.960. The molecule has 0 heterocycles. The molecule has 0 unspecified atom stereocenters. The smallest absolute Gasteiger partial charge is 0.0267 e. The Kier molecular flexibility index (Phi) is 8.55. The summed E-state index contributed by atoms with van der Waals surface area (Å²) in [5.74, 6) is 0. The third-order valence-corrected chi connectivity index (χ3v) is 2.11. The molecule has 1 N–H and O–H groups in total. The summed E-state index contributed by atoms with van der Waals surface area (Å²) in [6, 6.07) is 0. The van der Waals surface area contributed by atoms with E-state index in [1.54, 1.807) is 0 Å². The summed E-state index contributed by atoms with van der Waals surface area (Å²) in [7, 11) is 0. The molecule has 0 bridgehead atoms. The molecule has 1 heteroatoms. The summed E-state index contributed by atoms with van der Waals surface area (Å²) in [5, 5.41) is 3.26. The van der Waals surface area contributed by atoms with E-state index in [4.69, 9.17) is 0 Å². The lowest BCUT2D eigenvalue weighted by atomic mass is 10.2. The zero-order valence-electron chi connectivity index (χ0n) is 10.2. The van der Waals surface area contributed by atoms with Crippen LogP contribution in [0, 0.1) is 0 Å². The molecule has 0 rings (SSSR count). The highest BCUT2D eigenvalue weighted by atomic mass is 14.9. The predicted molar refractivity (Wildman–Crippen MR) is 69.8 cm³/mol. The molecule has 0 aromatic heterocycles. The van der Waals surface area contributed by atoms with Gasteiger partial charge >= 0.3 is 0 Å². The van der Waals surface area contributed by atoms with Gasteiger partial charge in [0.2, 0.25) is 0 Å². The molecule has 0 aliphatic heterocycles. The van der Waals surface area contributed by atoms with Gasteiger partial charge < -0.3 is 5.32 Å². The summed E-state index contributed by atoms with van der Waals surface area (Å²) in [6.07, 6.45) is 12.6. The Balaban J connectivity index is 3.76. The Labute approximate surface area is 94.3 Å². The minimum Gasteiger partial charge on any atom is -0.386 e. The van der Waals surface area contributed by atoms with E-state index < -0.39 is 0 Å². The maximum absolute atomic E-state index is 3.92. The van der Waals surface area contributed by atoms with E-state index in [0.717, 1.165) is 12.2 Å². The number of nitrogens with one attached hydrogen (secondary N) is 1. The van der Waals surface area contributed by atoms with Crippen LogP contribution in [-0.2, 0) is 0 Å². The van der Waals surface area contributed by atoms with Gasteiger partial charge in [-0.25, -0.2) is 0 Å². The van der Waals surface area contributed by atoms with Crippen LogP contribution in [-0.4, -0.2) is 6.54 Å². The molecule has 0 saturated heterocycles. The molecule has 15 heavy (non-hydrogen) atoms. The summed E-state index contributed by atoms with van der Waals surface area (Å²) in [6.45, 7) is 11.2. The minimum atomic E-state index is 0.978. The van der Waals surface area contributed by atoms with Crippen LogP contribution in [0.25, 0.3) is 0 Å². The molecular weight excluding hydrogens is 182 g/mol. The second-order valence-corrected chi connectivity index (χ2v) is 3.56. The fourth-order valence-electron chi connectivity index (χ4n) is 0.960. The number of unbranched alkanes of at least 4 members (excludes halogenated alkanes) is 1. The SMILES string of the molecule is C=C(/C=C/C=C/C(C)=C/C)NCCCC. The van der Waals surface area contributed by atoms with Crippen LogP contribution in [0.3, 0.4) is 0 Å². The van der Waals surface area contributed by atoms with Gasteiger partial charge in [-0.2, -0.15) is 0 Å². The van der Waals surface area contributed by atoms with Crippen LogP contribution >= 0.6 is 0 Å². The second kappa shape index (κ2) is 9.32. The first-order valence-electron chi connectivity index (χ1n) is 5.61. The van der Waals surface area contributed by atoms with Gasteiger partial charge in [-0.05, 0) is 26.3 Å². The van der Waals surface area contributed by atoms with Crippen LogP contribution in [0.15, 0.2) is 48.2 Å². The molecule has 0 aliphatic rings. The van der Waals surface area contributed by atoms with Gasteiger partial charge in [0.25, 0.3) is 0 Å². The number of rotatable bonds is 7. The normalized spacial score (nSPS) is 12.6. The zero-order valence-corrected chi connectivity index (χ0v) is 10.2. The summed E-state index contributed by atoms with van der Waals surface area (Å²) >= 11 is 0. The predicted octanol–water partition coefficient (Wildman–Crippen LogP) is 3.97. The topological polar surface area (TPSA) is 12.0 Å². The van der Waals surface area contributed by atoms with Gasteiger partial charge in [-0.3, -0.25) is 0 Å². The lowest BCUT2D eigenvalue weighted by Crippen LogP contribution is -2.11. The van der Waals surface area contributed by atoms with Crippen molar-refractivity contribution in [3.05, 3.63) is 48.2 Å². The molecule has 0 radical (unpaired) electrons. The molecular formula is C14H23N. The van der Waals surface area contributed by atoms with Crippen LogP contribution in [0.2, 0.25) is 0 Å². The largest absolute Gasteiger partial charge is 0.386 e. The van der Waals surface area contributed by atoms with Crippen molar-refractivity contribution in [1.82, 2.24) is 5.32 Å². The van der Waals surface area contributed by atoms with Crippen molar-refractivity contribution >= 4 is 0 Å². The van der Waals surface area contributed by atoms with Gasteiger partial charge in [-0.15, -0.1) is 0 Å². The molecule has 0 amide bonds. The maximum Gasteiger partial charge on any atom is 0.0267 e. The first-order valence-corrected chi connectivity index (χ1v) is 5.61. The van der Waals surface area contributed by atoms with Gasteiger partial charge in [0, 0.05) is 12.2 Å². The van der Waals surface area contributed by atoms with Crippen molar-refractivity contribution in [2.75, 3.05) is 6.54 Å². The highest BCUT2D eigenvalue weighted by Gasteiger charge is 1.85. The highest BCUT2D eigenvalue weighted by Crippen LogP contribution is 1.95. The van der Waals surface area contributed by atoms with Crippen LogP contribution in [0.1, 0.15) is 33.6 Å². The molecule has 0 fully saturated rings. The van der Waals surface area contributed by atoms with E-state index in [1.165, 1.54) is 18.4 Å². The minimum absolute atomic E-state index is 0.978. The molecule has 0 spiro atoms. The monoisotopic (exact) mass is 205 g/mol. The highest BCUT2D eigenvalue weighted by molar-refractivity contribution is 5.23. The quantitative estimate of drug-likeness (QED) is 0.490. The number of allylic oxidation sites excluding steroid dienone is 6. The summed E-state index contributed by atoms with van der Waals surface area (Å²) in [5.41, 5.74) is 2.25. The van der Waals surface area contributed by atoms with Gasteiger partial charge in [0.05, 0.1) is 0 Å². The molecule has 84 valence electrons. The van der Waals surface area contributed by atoms with E-state index in [-0.39, 0.29) is 0 Å². The first kappa shape index (κ1) is 13.8. The van der Waals surface area contributed by atoms with Gasteiger partial charge in [0.1, 0.15) is 0 Å². The molecule has 0 aromatic carbocycles. The van der Waals surface area contributed by atoms with E-state index in [1.807, 2.05) is 25.2 Å². The standard InChI is InChI=1S/C14H23N/c1-5-7-12-15-14(4)11-9-8-10-13(3)6-2/h6,8-11,15H,4-5,7,12H2,1-3H3/b10-8+,11-9+,13-6+. The lowest BCUT2D eigenvalue weighted by Gasteiger charge is -2.02. The van der Waals surface area contributed by atoms with Crippen molar-refractivity contribution in [1.29, 1.82) is 0 Å². The zero-order chi connectivity index (χ0) is 11.5. The lowest BCUT2D eigenvalue weighted by molar-refractivity contribution is 0.721. The molecule has 0 aliphatic carbocycles. The number of hydrogen-bond donors (Lipinski definition) is 1. The van der Waals surface area contributed by atoms with Crippen LogP contribution in [0.5, 0.6) is 0 Å². The van der Waals surface area contributed by atoms with Crippen molar-refractivity contribution in [2.24, 2.45) is 0 Å². The van der Waals surface area contributed by atoms with Crippen LogP contribution < -0.4 is 5.32 Å².